The summed E-state index contributed by atoms with van der Waals surface area (Å²) in [5.41, 5.74) is 2.93. The summed E-state index contributed by atoms with van der Waals surface area (Å²) in [5, 5.41) is 4.13. The zero-order chi connectivity index (χ0) is 21.1. The van der Waals surface area contributed by atoms with E-state index in [-0.39, 0.29) is 11.9 Å². The molecule has 1 atom stereocenters. The average Bonchev–Trinajstić information content (AvgIpc) is 3.42. The van der Waals surface area contributed by atoms with Crippen molar-refractivity contribution in [3.05, 3.63) is 59.5 Å². The lowest BCUT2D eigenvalue weighted by Crippen LogP contribution is -2.32. The molecule has 0 radical (unpaired) electrons. The highest BCUT2D eigenvalue weighted by molar-refractivity contribution is 5.79. The lowest BCUT2D eigenvalue weighted by molar-refractivity contribution is -0.131. The first kappa shape index (κ1) is 19.9. The quantitative estimate of drug-likeness (QED) is 0.615. The van der Waals surface area contributed by atoms with Crippen molar-refractivity contribution in [2.75, 3.05) is 20.8 Å². The number of carbonyl (C=O) groups excluding carboxylic acids is 1. The summed E-state index contributed by atoms with van der Waals surface area (Å²) in [4.78, 5) is 19.4. The monoisotopic (exact) mass is 407 g/mol. The Bertz CT molecular complexity index is 1050. The summed E-state index contributed by atoms with van der Waals surface area (Å²) in [6.45, 7) is 2.73. The zero-order valence-corrected chi connectivity index (χ0v) is 17.4. The maximum atomic E-state index is 12.9. The number of ether oxygens (including phenoxy) is 2. The van der Waals surface area contributed by atoms with Crippen molar-refractivity contribution in [3.63, 3.8) is 0 Å². The third kappa shape index (κ3) is 4.01. The lowest BCUT2D eigenvalue weighted by Gasteiger charge is -2.22. The van der Waals surface area contributed by atoms with Crippen LogP contribution in [0.1, 0.15) is 35.9 Å². The Balaban J connectivity index is 1.53. The summed E-state index contributed by atoms with van der Waals surface area (Å²) in [5.74, 6) is 2.23. The van der Waals surface area contributed by atoms with E-state index >= 15 is 0 Å². The first-order valence-electron chi connectivity index (χ1n) is 10.00. The van der Waals surface area contributed by atoms with Gasteiger partial charge in [-0.25, -0.2) is 0 Å². The van der Waals surface area contributed by atoms with Crippen LogP contribution in [0.3, 0.4) is 0 Å². The molecule has 0 aliphatic carbocycles. The van der Waals surface area contributed by atoms with Gasteiger partial charge in [0.05, 0.1) is 20.6 Å². The number of amides is 1. The lowest BCUT2D eigenvalue weighted by atomic mass is 10.1. The van der Waals surface area contributed by atoms with E-state index in [4.69, 9.17) is 14.0 Å². The van der Waals surface area contributed by atoms with Crippen molar-refractivity contribution in [2.45, 2.75) is 32.2 Å². The van der Waals surface area contributed by atoms with Gasteiger partial charge in [0.25, 0.3) is 0 Å². The first-order chi connectivity index (χ1) is 14.6. The standard InChI is InChI=1S/C23H25N3O4/c1-15-6-4-7-16(12-15)13-21(27)26-11-5-8-18(26)23-24-22(25-30-23)17-9-10-19(28-2)20(14-17)29-3/h4,6-7,9-10,12,14,18H,5,8,11,13H2,1-3H3/t18-/m1/s1. The number of methoxy groups -OCH3 is 2. The maximum absolute atomic E-state index is 12.9. The maximum Gasteiger partial charge on any atom is 0.249 e. The normalized spacial score (nSPS) is 16.0. The van der Waals surface area contributed by atoms with E-state index in [0.717, 1.165) is 29.5 Å². The molecule has 1 aromatic heterocycles. The first-order valence-corrected chi connectivity index (χ1v) is 10.00. The molecule has 1 aliphatic heterocycles. The molecular weight excluding hydrogens is 382 g/mol. The van der Waals surface area contributed by atoms with Crippen LogP contribution in [0.2, 0.25) is 0 Å². The Hall–Kier alpha value is -3.35. The minimum Gasteiger partial charge on any atom is -0.493 e. The molecule has 30 heavy (non-hydrogen) atoms. The van der Waals surface area contributed by atoms with Gasteiger partial charge in [0, 0.05) is 12.1 Å². The van der Waals surface area contributed by atoms with Gasteiger partial charge < -0.3 is 18.9 Å². The predicted molar refractivity (Wildman–Crippen MR) is 111 cm³/mol. The van der Waals surface area contributed by atoms with Gasteiger partial charge in [-0.05, 0) is 43.5 Å². The molecule has 156 valence electrons. The van der Waals surface area contributed by atoms with E-state index in [9.17, 15) is 4.79 Å². The number of carbonyl (C=O) groups is 1. The van der Waals surface area contributed by atoms with Crippen molar-refractivity contribution in [1.29, 1.82) is 0 Å². The molecule has 1 aliphatic rings. The molecule has 2 heterocycles. The molecule has 0 N–H and O–H groups in total. The van der Waals surface area contributed by atoms with Crippen LogP contribution < -0.4 is 9.47 Å². The fraction of sp³-hybridized carbons (Fsp3) is 0.348. The predicted octanol–water partition coefficient (Wildman–Crippen LogP) is 3.97. The molecule has 0 unspecified atom stereocenters. The van der Waals surface area contributed by atoms with E-state index in [0.29, 0.717) is 36.2 Å². The Labute approximate surface area is 175 Å². The molecule has 2 aromatic carbocycles. The van der Waals surface area contributed by atoms with Crippen LogP contribution in [0, 0.1) is 6.92 Å². The second-order valence-electron chi connectivity index (χ2n) is 7.44. The van der Waals surface area contributed by atoms with Crippen LogP contribution in [-0.4, -0.2) is 41.7 Å². The van der Waals surface area contributed by atoms with Crippen molar-refractivity contribution in [3.8, 4) is 22.9 Å². The molecular formula is C23H25N3O4. The largest absolute Gasteiger partial charge is 0.493 e. The second-order valence-corrected chi connectivity index (χ2v) is 7.44. The average molecular weight is 407 g/mol. The smallest absolute Gasteiger partial charge is 0.249 e. The van der Waals surface area contributed by atoms with Crippen LogP contribution in [0.5, 0.6) is 11.5 Å². The molecule has 0 spiro atoms. The van der Waals surface area contributed by atoms with Gasteiger partial charge in [-0.3, -0.25) is 4.79 Å². The van der Waals surface area contributed by atoms with Crippen LogP contribution in [0.25, 0.3) is 11.4 Å². The van der Waals surface area contributed by atoms with Crippen molar-refractivity contribution >= 4 is 5.91 Å². The third-order valence-electron chi connectivity index (χ3n) is 5.38. The SMILES string of the molecule is COc1ccc(-c2noc([C@H]3CCCN3C(=O)Cc3cccc(C)c3)n2)cc1OC. The highest BCUT2D eigenvalue weighted by Crippen LogP contribution is 2.34. The molecule has 0 bridgehead atoms. The van der Waals surface area contributed by atoms with E-state index in [2.05, 4.69) is 10.1 Å². The van der Waals surface area contributed by atoms with E-state index in [1.54, 1.807) is 20.3 Å². The fourth-order valence-corrected chi connectivity index (χ4v) is 3.88. The topological polar surface area (TPSA) is 77.7 Å². The second kappa shape index (κ2) is 8.57. The summed E-state index contributed by atoms with van der Waals surface area (Å²) in [6.07, 6.45) is 2.10. The molecule has 4 rings (SSSR count). The Morgan fingerprint density at radius 1 is 1.17 bits per heavy atom. The minimum atomic E-state index is -0.191. The van der Waals surface area contributed by atoms with E-state index < -0.39 is 0 Å². The number of hydrogen-bond donors (Lipinski definition) is 0. The Morgan fingerprint density at radius 3 is 2.77 bits per heavy atom. The molecule has 7 nitrogen and oxygen atoms in total. The van der Waals surface area contributed by atoms with Crippen molar-refractivity contribution in [2.24, 2.45) is 0 Å². The van der Waals surface area contributed by atoms with Gasteiger partial charge >= 0.3 is 0 Å². The number of aromatic nitrogens is 2. The molecule has 1 fully saturated rings. The fourth-order valence-electron chi connectivity index (χ4n) is 3.88. The van der Waals surface area contributed by atoms with Crippen LogP contribution in [-0.2, 0) is 11.2 Å². The summed E-state index contributed by atoms with van der Waals surface area (Å²) >= 11 is 0. The van der Waals surface area contributed by atoms with Gasteiger partial charge in [-0.2, -0.15) is 4.98 Å². The van der Waals surface area contributed by atoms with Crippen molar-refractivity contribution < 1.29 is 18.8 Å². The molecule has 7 heteroatoms. The van der Waals surface area contributed by atoms with Crippen LogP contribution in [0.15, 0.2) is 47.0 Å². The van der Waals surface area contributed by atoms with Gasteiger partial charge in [0.15, 0.2) is 11.5 Å². The van der Waals surface area contributed by atoms with Crippen molar-refractivity contribution in [1.82, 2.24) is 15.0 Å². The molecule has 0 saturated carbocycles. The highest BCUT2D eigenvalue weighted by Gasteiger charge is 2.34. The third-order valence-corrected chi connectivity index (χ3v) is 5.38. The van der Waals surface area contributed by atoms with Gasteiger partial charge in [0.1, 0.15) is 6.04 Å². The number of rotatable bonds is 6. The number of likely N-dealkylation sites (tertiary alicyclic amines) is 1. The Morgan fingerprint density at radius 2 is 2.00 bits per heavy atom. The van der Waals surface area contributed by atoms with Crippen LogP contribution >= 0.6 is 0 Å². The summed E-state index contributed by atoms with van der Waals surface area (Å²) in [7, 11) is 3.17. The van der Waals surface area contributed by atoms with Gasteiger partial charge in [0.2, 0.25) is 17.6 Å². The molecule has 3 aromatic rings. The molecule has 1 amide bonds. The molecule has 1 saturated heterocycles. The number of aryl methyl sites for hydroxylation is 1. The number of hydrogen-bond acceptors (Lipinski definition) is 6. The van der Waals surface area contributed by atoms with E-state index in [1.165, 1.54) is 0 Å². The number of nitrogens with zero attached hydrogens (tertiary/aromatic N) is 3. The van der Waals surface area contributed by atoms with E-state index in [1.807, 2.05) is 48.2 Å². The summed E-state index contributed by atoms with van der Waals surface area (Å²) in [6, 6.07) is 13.3. The zero-order valence-electron chi connectivity index (χ0n) is 17.4. The number of benzene rings is 2. The Kier molecular flexibility index (Phi) is 5.70. The summed E-state index contributed by atoms with van der Waals surface area (Å²) < 4.78 is 16.2. The highest BCUT2D eigenvalue weighted by atomic mass is 16.5. The van der Waals surface area contributed by atoms with Gasteiger partial charge in [-0.1, -0.05) is 35.0 Å². The minimum absolute atomic E-state index is 0.0777. The van der Waals surface area contributed by atoms with Gasteiger partial charge in [-0.15, -0.1) is 0 Å². The van der Waals surface area contributed by atoms with Crippen LogP contribution in [0.4, 0.5) is 0 Å².